The number of nitrogens with two attached hydrogens (primary N) is 1. The number of aliphatic hydroxyl groups excluding tert-OH is 1. The average Bonchev–Trinajstić information content (AvgIpc) is 1.84. The van der Waals surface area contributed by atoms with Crippen molar-refractivity contribution in [2.75, 3.05) is 0 Å². The number of carboxylic acid groups (broad SMARTS) is 1. The van der Waals surface area contributed by atoms with Crippen molar-refractivity contribution >= 4 is 11.8 Å². The highest BCUT2D eigenvalue weighted by Gasteiger charge is 2.20. The van der Waals surface area contributed by atoms with Gasteiger partial charge in [-0.05, 0) is 6.92 Å². The van der Waals surface area contributed by atoms with Gasteiger partial charge in [-0.25, -0.2) is 0 Å². The first-order chi connectivity index (χ1) is 4.95. The molecule has 0 rings (SSSR count). The van der Waals surface area contributed by atoms with Crippen LogP contribution in [-0.2, 0) is 9.59 Å². The summed E-state index contributed by atoms with van der Waals surface area (Å²) in [6, 6.07) is -1.20. The highest BCUT2D eigenvalue weighted by atomic mass is 16.4. The lowest BCUT2D eigenvalue weighted by molar-refractivity contribution is -0.140. The summed E-state index contributed by atoms with van der Waals surface area (Å²) in [7, 11) is 0. The molecule has 2 atom stereocenters. The monoisotopic (exact) mass is 160 g/mol. The Hall–Kier alpha value is -0.940. The third-order valence-electron chi connectivity index (χ3n) is 1.11. The van der Waals surface area contributed by atoms with Gasteiger partial charge in [0, 0.05) is 0 Å². The van der Waals surface area contributed by atoms with Crippen LogP contribution >= 0.6 is 0 Å². The third-order valence-corrected chi connectivity index (χ3v) is 1.11. The van der Waals surface area contributed by atoms with E-state index in [2.05, 4.69) is 6.92 Å². The Morgan fingerprint density at radius 3 is 2.27 bits per heavy atom. The van der Waals surface area contributed by atoms with Crippen LogP contribution in [0, 0.1) is 6.92 Å². The summed E-state index contributed by atoms with van der Waals surface area (Å²) in [5.74, 6) is -1.98. The number of carbonyl (C=O) groups excluding carboxylic acids is 1. The smallest absolute Gasteiger partial charge is 0.310 e. The first-order valence-corrected chi connectivity index (χ1v) is 2.96. The molecule has 0 aliphatic rings. The van der Waals surface area contributed by atoms with Crippen LogP contribution in [0.1, 0.15) is 6.42 Å². The Balaban J connectivity index is 3.93. The molecule has 5 nitrogen and oxygen atoms in total. The van der Waals surface area contributed by atoms with Crippen LogP contribution in [-0.4, -0.2) is 34.1 Å². The van der Waals surface area contributed by atoms with Gasteiger partial charge in [0.1, 0.15) is 6.42 Å². The van der Waals surface area contributed by atoms with Gasteiger partial charge in [0.15, 0.2) is 5.78 Å². The van der Waals surface area contributed by atoms with Crippen molar-refractivity contribution in [1.29, 1.82) is 0 Å². The Morgan fingerprint density at radius 2 is 2.00 bits per heavy atom. The van der Waals surface area contributed by atoms with Crippen molar-refractivity contribution in [1.82, 2.24) is 0 Å². The van der Waals surface area contributed by atoms with Gasteiger partial charge in [0.05, 0.1) is 12.1 Å². The minimum Gasteiger partial charge on any atom is -0.481 e. The molecule has 0 amide bonds. The third kappa shape index (κ3) is 3.69. The van der Waals surface area contributed by atoms with Gasteiger partial charge in [0.25, 0.3) is 0 Å². The molecule has 0 aromatic rings. The maximum Gasteiger partial charge on any atom is 0.310 e. The zero-order valence-corrected chi connectivity index (χ0v) is 5.86. The lowest BCUT2D eigenvalue weighted by Crippen LogP contribution is -2.41. The Labute approximate surface area is 63.8 Å². The minimum atomic E-state index is -1.26. The summed E-state index contributed by atoms with van der Waals surface area (Å²) < 4.78 is 0. The predicted octanol–water partition coefficient (Wildman–Crippen LogP) is -1.45. The quantitative estimate of drug-likeness (QED) is 0.437. The van der Waals surface area contributed by atoms with Gasteiger partial charge in [0.2, 0.25) is 0 Å². The summed E-state index contributed by atoms with van der Waals surface area (Å²) in [5, 5.41) is 16.8. The summed E-state index contributed by atoms with van der Waals surface area (Å²) in [6.07, 6.45) is -1.92. The SMILES string of the molecule is [CH2]C(O)C(N)C(=O)CC(=O)O. The van der Waals surface area contributed by atoms with Gasteiger partial charge in [-0.3, -0.25) is 9.59 Å². The Kier molecular flexibility index (Phi) is 3.70. The molecule has 0 aromatic heterocycles. The highest BCUT2D eigenvalue weighted by molar-refractivity contribution is 5.97. The molecule has 0 saturated heterocycles. The molecule has 4 N–H and O–H groups in total. The van der Waals surface area contributed by atoms with E-state index in [0.717, 1.165) is 0 Å². The van der Waals surface area contributed by atoms with Gasteiger partial charge in [-0.2, -0.15) is 0 Å². The Morgan fingerprint density at radius 1 is 1.55 bits per heavy atom. The van der Waals surface area contributed by atoms with Crippen molar-refractivity contribution < 1.29 is 19.8 Å². The van der Waals surface area contributed by atoms with E-state index in [1.54, 1.807) is 0 Å². The maximum absolute atomic E-state index is 10.7. The van der Waals surface area contributed by atoms with Crippen molar-refractivity contribution in [3.8, 4) is 0 Å². The summed E-state index contributed by atoms with van der Waals surface area (Å²) in [6.45, 7) is 3.08. The molecule has 63 valence electrons. The van der Waals surface area contributed by atoms with E-state index in [0.29, 0.717) is 0 Å². The zero-order valence-electron chi connectivity index (χ0n) is 5.86. The number of aliphatic carboxylic acids is 1. The molecule has 11 heavy (non-hydrogen) atoms. The van der Waals surface area contributed by atoms with Crippen molar-refractivity contribution in [3.63, 3.8) is 0 Å². The average molecular weight is 160 g/mol. The van der Waals surface area contributed by atoms with Crippen LogP contribution in [0.3, 0.4) is 0 Å². The van der Waals surface area contributed by atoms with Crippen LogP contribution in [0.2, 0.25) is 0 Å². The van der Waals surface area contributed by atoms with E-state index in [-0.39, 0.29) is 0 Å². The fourth-order valence-corrected chi connectivity index (χ4v) is 0.481. The lowest BCUT2D eigenvalue weighted by atomic mass is 10.1. The van der Waals surface area contributed by atoms with Crippen LogP contribution < -0.4 is 5.73 Å². The number of aliphatic hydroxyl groups is 1. The van der Waals surface area contributed by atoms with E-state index in [9.17, 15) is 9.59 Å². The van der Waals surface area contributed by atoms with Crippen LogP contribution in [0.25, 0.3) is 0 Å². The van der Waals surface area contributed by atoms with E-state index in [1.807, 2.05) is 0 Å². The number of carboxylic acids is 1. The van der Waals surface area contributed by atoms with E-state index < -0.39 is 30.3 Å². The predicted molar refractivity (Wildman–Crippen MR) is 36.6 cm³/mol. The van der Waals surface area contributed by atoms with Crippen LogP contribution in [0.5, 0.6) is 0 Å². The van der Waals surface area contributed by atoms with Gasteiger partial charge in [-0.1, -0.05) is 0 Å². The number of rotatable bonds is 4. The standard InChI is InChI=1S/C6H10NO4/c1-3(8)6(7)4(9)2-5(10)11/h3,6,8H,1-2,7H2,(H,10,11). The number of Topliss-reactive ketones (excluding diaryl/α,β-unsaturated/α-hetero) is 1. The fourth-order valence-electron chi connectivity index (χ4n) is 0.481. The number of carbonyl (C=O) groups is 2. The summed E-state index contributed by atoms with van der Waals surface area (Å²) >= 11 is 0. The molecule has 5 heteroatoms. The largest absolute Gasteiger partial charge is 0.481 e. The molecule has 0 aromatic carbocycles. The lowest BCUT2D eigenvalue weighted by Gasteiger charge is -2.10. The topological polar surface area (TPSA) is 101 Å². The van der Waals surface area contributed by atoms with Gasteiger partial charge >= 0.3 is 5.97 Å². The second-order valence-corrected chi connectivity index (χ2v) is 2.13. The van der Waals surface area contributed by atoms with E-state index in [4.69, 9.17) is 15.9 Å². The summed E-state index contributed by atoms with van der Waals surface area (Å²) in [5.41, 5.74) is 5.08. The molecular formula is C6H10NO4. The minimum absolute atomic E-state index is 0.673. The molecule has 0 aliphatic heterocycles. The summed E-state index contributed by atoms with van der Waals surface area (Å²) in [4.78, 5) is 20.6. The molecule has 1 radical (unpaired) electrons. The van der Waals surface area contributed by atoms with E-state index >= 15 is 0 Å². The molecule has 0 spiro atoms. The van der Waals surface area contributed by atoms with Crippen molar-refractivity contribution in [3.05, 3.63) is 6.92 Å². The van der Waals surface area contributed by atoms with Crippen LogP contribution in [0.4, 0.5) is 0 Å². The molecule has 0 aliphatic carbocycles. The number of ketones is 1. The maximum atomic E-state index is 10.7. The van der Waals surface area contributed by atoms with Crippen molar-refractivity contribution in [2.24, 2.45) is 5.73 Å². The molecular weight excluding hydrogens is 150 g/mol. The number of hydrogen-bond donors (Lipinski definition) is 3. The fraction of sp³-hybridized carbons (Fsp3) is 0.500. The van der Waals surface area contributed by atoms with E-state index in [1.165, 1.54) is 0 Å². The van der Waals surface area contributed by atoms with Gasteiger partial charge < -0.3 is 15.9 Å². The molecule has 2 unspecified atom stereocenters. The second kappa shape index (κ2) is 4.05. The second-order valence-electron chi connectivity index (χ2n) is 2.13. The van der Waals surface area contributed by atoms with Gasteiger partial charge in [-0.15, -0.1) is 0 Å². The molecule has 0 bridgehead atoms. The molecule has 0 heterocycles. The zero-order chi connectivity index (χ0) is 9.02. The molecule has 0 saturated carbocycles. The first-order valence-electron chi connectivity index (χ1n) is 2.96. The normalized spacial score (nSPS) is 15.5. The molecule has 0 fully saturated rings. The highest BCUT2D eigenvalue weighted by Crippen LogP contribution is 1.94. The first kappa shape index (κ1) is 10.1. The van der Waals surface area contributed by atoms with Crippen molar-refractivity contribution in [2.45, 2.75) is 18.6 Å². The number of hydrogen-bond acceptors (Lipinski definition) is 4. The Bertz CT molecular complexity index is 166. The van der Waals surface area contributed by atoms with Crippen LogP contribution in [0.15, 0.2) is 0 Å².